The standard InChI is InChI=1S/C14H20N2O4S/c1-10(17)15-5-6-16(8-11(18)7-15)14(19)13-4-3-12(21-13)9-20-2/h3-4,11,18H,5-9H2,1-2H3. The summed E-state index contributed by atoms with van der Waals surface area (Å²) < 4.78 is 5.05. The quantitative estimate of drug-likeness (QED) is 0.885. The number of carbonyl (C=O) groups excluding carboxylic acids is 2. The zero-order valence-electron chi connectivity index (χ0n) is 12.2. The maximum atomic E-state index is 12.5. The lowest BCUT2D eigenvalue weighted by Crippen LogP contribution is -2.37. The molecule has 1 aliphatic heterocycles. The van der Waals surface area contributed by atoms with Gasteiger partial charge in [-0.05, 0) is 12.1 Å². The second-order valence-corrected chi connectivity index (χ2v) is 6.24. The molecule has 6 nitrogen and oxygen atoms in total. The summed E-state index contributed by atoms with van der Waals surface area (Å²) in [5.74, 6) is -0.186. The number of carbonyl (C=O) groups is 2. The number of aliphatic hydroxyl groups excluding tert-OH is 1. The molecule has 0 aromatic carbocycles. The van der Waals surface area contributed by atoms with Crippen molar-refractivity contribution in [2.75, 3.05) is 33.3 Å². The lowest BCUT2D eigenvalue weighted by Gasteiger charge is -2.20. The van der Waals surface area contributed by atoms with Gasteiger partial charge in [0.05, 0.1) is 17.6 Å². The fourth-order valence-corrected chi connectivity index (χ4v) is 3.28. The van der Waals surface area contributed by atoms with Crippen molar-refractivity contribution in [3.8, 4) is 0 Å². The number of nitrogens with zero attached hydrogens (tertiary/aromatic N) is 2. The number of methoxy groups -OCH3 is 1. The minimum atomic E-state index is -0.709. The van der Waals surface area contributed by atoms with Crippen molar-refractivity contribution >= 4 is 23.2 Å². The van der Waals surface area contributed by atoms with Gasteiger partial charge in [0, 0.05) is 45.1 Å². The molecule has 1 unspecified atom stereocenters. The highest BCUT2D eigenvalue weighted by molar-refractivity contribution is 7.14. The summed E-state index contributed by atoms with van der Waals surface area (Å²) in [6.07, 6.45) is -0.709. The van der Waals surface area contributed by atoms with E-state index in [1.807, 2.05) is 6.07 Å². The highest BCUT2D eigenvalue weighted by Crippen LogP contribution is 2.20. The molecule has 21 heavy (non-hydrogen) atoms. The van der Waals surface area contributed by atoms with E-state index in [-0.39, 0.29) is 24.9 Å². The van der Waals surface area contributed by atoms with E-state index < -0.39 is 6.10 Å². The van der Waals surface area contributed by atoms with Gasteiger partial charge in [0.1, 0.15) is 0 Å². The number of β-amino-alcohol motifs (C(OH)–C–C–N with tert-alkyl or cyclic N) is 1. The lowest BCUT2D eigenvalue weighted by molar-refractivity contribution is -0.129. The Kier molecular flexibility index (Phi) is 5.33. The molecule has 7 heteroatoms. The summed E-state index contributed by atoms with van der Waals surface area (Å²) in [7, 11) is 1.61. The third-order valence-electron chi connectivity index (χ3n) is 3.39. The molecule has 116 valence electrons. The smallest absolute Gasteiger partial charge is 0.264 e. The van der Waals surface area contributed by atoms with Crippen LogP contribution in [-0.4, -0.2) is 66.1 Å². The Morgan fingerprint density at radius 2 is 2.00 bits per heavy atom. The number of aliphatic hydroxyl groups is 1. The van der Waals surface area contributed by atoms with Crippen LogP contribution in [0.3, 0.4) is 0 Å². The maximum Gasteiger partial charge on any atom is 0.264 e. The van der Waals surface area contributed by atoms with Crippen LogP contribution < -0.4 is 0 Å². The largest absolute Gasteiger partial charge is 0.389 e. The van der Waals surface area contributed by atoms with Crippen LogP contribution in [0.5, 0.6) is 0 Å². The van der Waals surface area contributed by atoms with Crippen molar-refractivity contribution in [2.24, 2.45) is 0 Å². The Balaban J connectivity index is 2.05. The summed E-state index contributed by atoms with van der Waals surface area (Å²) in [6, 6.07) is 3.65. The first-order valence-electron chi connectivity index (χ1n) is 6.81. The van der Waals surface area contributed by atoms with Gasteiger partial charge in [-0.15, -0.1) is 11.3 Å². The number of amides is 2. The number of rotatable bonds is 3. The molecule has 2 rings (SSSR count). The highest BCUT2D eigenvalue weighted by atomic mass is 32.1. The maximum absolute atomic E-state index is 12.5. The topological polar surface area (TPSA) is 70.1 Å². The van der Waals surface area contributed by atoms with Crippen molar-refractivity contribution in [3.05, 3.63) is 21.9 Å². The zero-order valence-corrected chi connectivity index (χ0v) is 13.1. The Hall–Kier alpha value is -1.44. The van der Waals surface area contributed by atoms with Crippen LogP contribution in [0.4, 0.5) is 0 Å². The fourth-order valence-electron chi connectivity index (χ4n) is 2.33. The van der Waals surface area contributed by atoms with E-state index in [1.54, 1.807) is 23.0 Å². The highest BCUT2D eigenvalue weighted by Gasteiger charge is 2.26. The molecular formula is C14H20N2O4S. The van der Waals surface area contributed by atoms with Crippen molar-refractivity contribution in [1.82, 2.24) is 9.80 Å². The fraction of sp³-hybridized carbons (Fsp3) is 0.571. The minimum Gasteiger partial charge on any atom is -0.389 e. The first-order valence-corrected chi connectivity index (χ1v) is 7.63. The van der Waals surface area contributed by atoms with Crippen molar-refractivity contribution in [2.45, 2.75) is 19.6 Å². The summed E-state index contributed by atoms with van der Waals surface area (Å²) in [5.41, 5.74) is 0. The minimum absolute atomic E-state index is 0.0816. The van der Waals surface area contributed by atoms with E-state index in [1.165, 1.54) is 18.3 Å². The van der Waals surface area contributed by atoms with E-state index in [2.05, 4.69) is 0 Å². The average Bonchev–Trinajstić information content (AvgIpc) is 2.80. The van der Waals surface area contributed by atoms with E-state index in [0.717, 1.165) is 4.88 Å². The molecule has 0 spiro atoms. The SMILES string of the molecule is COCc1ccc(C(=O)N2CCN(C(C)=O)CC(O)C2)s1. The van der Waals surface area contributed by atoms with E-state index >= 15 is 0 Å². The Bertz CT molecular complexity index is 517. The average molecular weight is 312 g/mol. The molecule has 1 N–H and O–H groups in total. The van der Waals surface area contributed by atoms with Gasteiger partial charge in [-0.2, -0.15) is 0 Å². The molecule has 1 saturated heterocycles. The predicted molar refractivity (Wildman–Crippen MR) is 79.2 cm³/mol. The molecule has 1 aliphatic rings. The number of hydrogen-bond donors (Lipinski definition) is 1. The molecule has 0 radical (unpaired) electrons. The second kappa shape index (κ2) is 7.02. The molecule has 1 aromatic rings. The summed E-state index contributed by atoms with van der Waals surface area (Å²) in [6.45, 7) is 3.37. The van der Waals surface area contributed by atoms with Crippen molar-refractivity contribution in [3.63, 3.8) is 0 Å². The van der Waals surface area contributed by atoms with Gasteiger partial charge in [-0.3, -0.25) is 9.59 Å². The molecule has 0 bridgehead atoms. The first-order chi connectivity index (χ1) is 10.0. The van der Waals surface area contributed by atoms with Gasteiger partial charge in [-0.1, -0.05) is 0 Å². The number of hydrogen-bond acceptors (Lipinski definition) is 5. The third-order valence-corrected chi connectivity index (χ3v) is 4.44. The Morgan fingerprint density at radius 3 is 2.67 bits per heavy atom. The van der Waals surface area contributed by atoms with Crippen molar-refractivity contribution < 1.29 is 19.4 Å². The molecular weight excluding hydrogens is 292 g/mol. The Labute approximate surface area is 127 Å². The molecule has 1 atom stereocenters. The summed E-state index contributed by atoms with van der Waals surface area (Å²) in [4.78, 5) is 28.7. The zero-order chi connectivity index (χ0) is 15.4. The lowest BCUT2D eigenvalue weighted by atomic mass is 10.3. The number of thiophene rings is 1. The van der Waals surface area contributed by atoms with Crippen LogP contribution in [-0.2, 0) is 16.1 Å². The monoisotopic (exact) mass is 312 g/mol. The van der Waals surface area contributed by atoms with Crippen LogP contribution in [0, 0.1) is 0 Å². The van der Waals surface area contributed by atoms with Gasteiger partial charge in [0.2, 0.25) is 5.91 Å². The molecule has 0 aliphatic carbocycles. The summed E-state index contributed by atoms with van der Waals surface area (Å²) >= 11 is 1.40. The number of ether oxygens (including phenoxy) is 1. The van der Waals surface area contributed by atoms with Crippen molar-refractivity contribution in [1.29, 1.82) is 0 Å². The van der Waals surface area contributed by atoms with Gasteiger partial charge in [0.15, 0.2) is 0 Å². The molecule has 2 heterocycles. The van der Waals surface area contributed by atoms with Gasteiger partial charge < -0.3 is 19.6 Å². The Morgan fingerprint density at radius 1 is 1.33 bits per heavy atom. The molecule has 0 saturated carbocycles. The van der Waals surface area contributed by atoms with Crippen LogP contribution in [0.25, 0.3) is 0 Å². The van der Waals surface area contributed by atoms with Crippen LogP contribution >= 0.6 is 11.3 Å². The second-order valence-electron chi connectivity index (χ2n) is 5.07. The van der Waals surface area contributed by atoms with E-state index in [4.69, 9.17) is 4.74 Å². The normalized spacial score (nSPS) is 19.5. The van der Waals surface area contributed by atoms with Gasteiger partial charge >= 0.3 is 0 Å². The van der Waals surface area contributed by atoms with Gasteiger partial charge in [0.25, 0.3) is 5.91 Å². The van der Waals surface area contributed by atoms with Crippen LogP contribution in [0.2, 0.25) is 0 Å². The summed E-state index contributed by atoms with van der Waals surface area (Å²) in [5, 5.41) is 9.96. The van der Waals surface area contributed by atoms with Crippen LogP contribution in [0.15, 0.2) is 12.1 Å². The van der Waals surface area contributed by atoms with Gasteiger partial charge in [-0.25, -0.2) is 0 Å². The molecule has 2 amide bonds. The molecule has 1 fully saturated rings. The predicted octanol–water partition coefficient (Wildman–Crippen LogP) is 0.560. The molecule has 1 aromatic heterocycles. The van der Waals surface area contributed by atoms with E-state index in [0.29, 0.717) is 24.6 Å². The third kappa shape index (κ3) is 4.03. The first kappa shape index (κ1) is 15.9. The van der Waals surface area contributed by atoms with E-state index in [9.17, 15) is 14.7 Å². The van der Waals surface area contributed by atoms with Crippen LogP contribution in [0.1, 0.15) is 21.5 Å².